The first-order chi connectivity index (χ1) is 9.06. The summed E-state index contributed by atoms with van der Waals surface area (Å²) in [7, 11) is 0. The van der Waals surface area contributed by atoms with Crippen molar-refractivity contribution in [2.75, 3.05) is 0 Å². The molecule has 0 aliphatic rings. The molecular weight excluding hydrogens is 260 g/mol. The number of rotatable bonds is 4. The zero-order valence-corrected chi connectivity index (χ0v) is 11.6. The summed E-state index contributed by atoms with van der Waals surface area (Å²) in [5.41, 5.74) is 1.18. The Bertz CT molecular complexity index is 591. The van der Waals surface area contributed by atoms with Gasteiger partial charge >= 0.3 is 0 Å². The predicted octanol–water partition coefficient (Wildman–Crippen LogP) is 4.36. The molecule has 2 rings (SSSR count). The lowest BCUT2D eigenvalue weighted by molar-refractivity contribution is 0.103. The monoisotopic (exact) mass is 274 g/mol. The van der Waals surface area contributed by atoms with E-state index < -0.39 is 0 Å². The highest BCUT2D eigenvalue weighted by Gasteiger charge is 2.10. The van der Waals surface area contributed by atoms with Crippen molar-refractivity contribution < 1.29 is 9.53 Å². The fourth-order valence-electron chi connectivity index (χ4n) is 1.78. The van der Waals surface area contributed by atoms with E-state index in [4.69, 9.17) is 16.3 Å². The quantitative estimate of drug-likeness (QED) is 0.775. The van der Waals surface area contributed by atoms with Crippen LogP contribution in [0.15, 0.2) is 48.5 Å². The van der Waals surface area contributed by atoms with Crippen LogP contribution in [0.3, 0.4) is 0 Å². The van der Waals surface area contributed by atoms with Crippen molar-refractivity contribution in [2.45, 2.75) is 20.0 Å². The third kappa shape index (κ3) is 3.58. The number of ketones is 1. The van der Waals surface area contributed by atoms with Gasteiger partial charge in [-0.1, -0.05) is 35.9 Å². The predicted molar refractivity (Wildman–Crippen MR) is 77.1 cm³/mol. The summed E-state index contributed by atoms with van der Waals surface area (Å²) < 4.78 is 5.59. The molecule has 0 aliphatic heterocycles. The summed E-state index contributed by atoms with van der Waals surface area (Å²) in [6.45, 7) is 3.90. The van der Waals surface area contributed by atoms with E-state index in [-0.39, 0.29) is 11.9 Å². The SMILES string of the molecule is CC(C)Oc1cccc(C(=O)c2cccc(Cl)c2)c1. The van der Waals surface area contributed by atoms with Crippen LogP contribution in [0.25, 0.3) is 0 Å². The number of hydrogen-bond donors (Lipinski definition) is 0. The van der Waals surface area contributed by atoms with Gasteiger partial charge < -0.3 is 4.74 Å². The Balaban J connectivity index is 2.29. The summed E-state index contributed by atoms with van der Waals surface area (Å²) in [4.78, 5) is 12.3. The molecule has 0 radical (unpaired) electrons. The largest absolute Gasteiger partial charge is 0.491 e. The molecule has 0 saturated heterocycles. The van der Waals surface area contributed by atoms with Crippen LogP contribution in [-0.4, -0.2) is 11.9 Å². The summed E-state index contributed by atoms with van der Waals surface area (Å²) in [6, 6.07) is 14.1. The first-order valence-electron chi connectivity index (χ1n) is 6.13. The third-order valence-electron chi connectivity index (χ3n) is 2.55. The summed E-state index contributed by atoms with van der Waals surface area (Å²) in [5.74, 6) is 0.639. The highest BCUT2D eigenvalue weighted by molar-refractivity contribution is 6.31. The van der Waals surface area contributed by atoms with E-state index in [1.807, 2.05) is 26.0 Å². The molecular formula is C16H15ClO2. The number of hydrogen-bond acceptors (Lipinski definition) is 2. The third-order valence-corrected chi connectivity index (χ3v) is 2.79. The van der Waals surface area contributed by atoms with Gasteiger partial charge in [0.2, 0.25) is 0 Å². The Hall–Kier alpha value is -1.80. The van der Waals surface area contributed by atoms with E-state index in [0.717, 1.165) is 0 Å². The number of ether oxygens (including phenoxy) is 1. The van der Waals surface area contributed by atoms with Gasteiger partial charge in [-0.05, 0) is 38.1 Å². The molecule has 0 bridgehead atoms. The van der Waals surface area contributed by atoms with Crippen LogP contribution in [0.4, 0.5) is 0 Å². The summed E-state index contributed by atoms with van der Waals surface area (Å²) in [6.07, 6.45) is 0.0801. The average Bonchev–Trinajstić information content (AvgIpc) is 2.37. The maximum atomic E-state index is 12.3. The van der Waals surface area contributed by atoms with Gasteiger partial charge in [-0.2, -0.15) is 0 Å². The fourth-order valence-corrected chi connectivity index (χ4v) is 1.97. The van der Waals surface area contributed by atoms with Crippen LogP contribution in [0.5, 0.6) is 5.75 Å². The topological polar surface area (TPSA) is 26.3 Å². The van der Waals surface area contributed by atoms with Gasteiger partial charge in [0.05, 0.1) is 6.10 Å². The van der Waals surface area contributed by atoms with E-state index in [1.165, 1.54) is 0 Å². The molecule has 2 nitrogen and oxygen atoms in total. The molecule has 2 aromatic carbocycles. The molecule has 0 aliphatic carbocycles. The minimum atomic E-state index is -0.0586. The maximum absolute atomic E-state index is 12.3. The molecule has 0 amide bonds. The van der Waals surface area contributed by atoms with Crippen molar-refractivity contribution in [3.8, 4) is 5.75 Å². The smallest absolute Gasteiger partial charge is 0.193 e. The van der Waals surface area contributed by atoms with E-state index >= 15 is 0 Å². The van der Waals surface area contributed by atoms with Crippen LogP contribution in [0.2, 0.25) is 5.02 Å². The van der Waals surface area contributed by atoms with Crippen molar-refractivity contribution in [1.29, 1.82) is 0 Å². The molecule has 0 atom stereocenters. The molecule has 0 unspecified atom stereocenters. The van der Waals surface area contributed by atoms with Gasteiger partial charge in [0.15, 0.2) is 5.78 Å². The Morgan fingerprint density at radius 1 is 1.05 bits per heavy atom. The highest BCUT2D eigenvalue weighted by atomic mass is 35.5. The van der Waals surface area contributed by atoms with E-state index in [2.05, 4.69) is 0 Å². The molecule has 0 heterocycles. The number of carbonyl (C=O) groups excluding carboxylic acids is 1. The van der Waals surface area contributed by atoms with Crippen LogP contribution >= 0.6 is 11.6 Å². The fraction of sp³-hybridized carbons (Fsp3) is 0.188. The van der Waals surface area contributed by atoms with Gasteiger partial charge in [-0.3, -0.25) is 4.79 Å². The number of benzene rings is 2. The average molecular weight is 275 g/mol. The Labute approximate surface area is 118 Å². The molecule has 98 valence electrons. The van der Waals surface area contributed by atoms with Gasteiger partial charge in [0.1, 0.15) is 5.75 Å². The Kier molecular flexibility index (Phi) is 4.23. The van der Waals surface area contributed by atoms with Crippen molar-refractivity contribution >= 4 is 17.4 Å². The van der Waals surface area contributed by atoms with Crippen molar-refractivity contribution in [3.05, 3.63) is 64.7 Å². The van der Waals surface area contributed by atoms with Gasteiger partial charge in [-0.15, -0.1) is 0 Å². The van der Waals surface area contributed by atoms with E-state index in [0.29, 0.717) is 21.9 Å². The molecule has 0 saturated carbocycles. The molecule has 0 fully saturated rings. The van der Waals surface area contributed by atoms with E-state index in [9.17, 15) is 4.79 Å². The number of halogens is 1. The van der Waals surface area contributed by atoms with E-state index in [1.54, 1.807) is 36.4 Å². The summed E-state index contributed by atoms with van der Waals surface area (Å²) in [5, 5.41) is 0.556. The van der Waals surface area contributed by atoms with Crippen LogP contribution in [0, 0.1) is 0 Å². The van der Waals surface area contributed by atoms with Gasteiger partial charge in [0, 0.05) is 16.1 Å². The van der Waals surface area contributed by atoms with Crippen molar-refractivity contribution in [1.82, 2.24) is 0 Å². The second-order valence-corrected chi connectivity index (χ2v) is 4.97. The Morgan fingerprint density at radius 3 is 2.32 bits per heavy atom. The van der Waals surface area contributed by atoms with Gasteiger partial charge in [-0.25, -0.2) is 0 Å². The van der Waals surface area contributed by atoms with Crippen LogP contribution < -0.4 is 4.74 Å². The standard InChI is InChI=1S/C16H15ClO2/c1-11(2)19-15-8-4-6-13(10-15)16(18)12-5-3-7-14(17)9-12/h3-11H,1-2H3. The highest BCUT2D eigenvalue weighted by Crippen LogP contribution is 2.19. The molecule has 3 heteroatoms. The lowest BCUT2D eigenvalue weighted by Crippen LogP contribution is -2.07. The first kappa shape index (κ1) is 13.6. The molecule has 2 aromatic rings. The van der Waals surface area contributed by atoms with Crippen LogP contribution in [0.1, 0.15) is 29.8 Å². The zero-order valence-electron chi connectivity index (χ0n) is 10.9. The molecule has 0 aromatic heterocycles. The minimum Gasteiger partial charge on any atom is -0.491 e. The second kappa shape index (κ2) is 5.89. The first-order valence-corrected chi connectivity index (χ1v) is 6.51. The summed E-state index contributed by atoms with van der Waals surface area (Å²) >= 11 is 5.90. The Morgan fingerprint density at radius 2 is 1.68 bits per heavy atom. The zero-order chi connectivity index (χ0) is 13.8. The lowest BCUT2D eigenvalue weighted by atomic mass is 10.0. The normalized spacial score (nSPS) is 10.5. The lowest BCUT2D eigenvalue weighted by Gasteiger charge is -2.10. The van der Waals surface area contributed by atoms with Gasteiger partial charge in [0.25, 0.3) is 0 Å². The van der Waals surface area contributed by atoms with Crippen molar-refractivity contribution in [2.24, 2.45) is 0 Å². The maximum Gasteiger partial charge on any atom is 0.193 e. The van der Waals surface area contributed by atoms with Crippen molar-refractivity contribution in [3.63, 3.8) is 0 Å². The van der Waals surface area contributed by atoms with Crippen LogP contribution in [-0.2, 0) is 0 Å². The minimum absolute atomic E-state index is 0.0586. The second-order valence-electron chi connectivity index (χ2n) is 4.53. The molecule has 0 N–H and O–H groups in total. The number of carbonyl (C=O) groups is 1. The molecule has 0 spiro atoms. The molecule has 19 heavy (non-hydrogen) atoms.